The normalized spacial score (nSPS) is 16.3. The van der Waals surface area contributed by atoms with Gasteiger partial charge in [0, 0.05) is 25.3 Å². The molecule has 0 saturated carbocycles. The topological polar surface area (TPSA) is 123 Å². The lowest BCUT2D eigenvalue weighted by molar-refractivity contribution is -0.142. The Bertz CT molecular complexity index is 1520. The van der Waals surface area contributed by atoms with Crippen LogP contribution >= 0.6 is 23.2 Å². The maximum absolute atomic E-state index is 14.0. The molecule has 0 bridgehead atoms. The second-order valence-corrected chi connectivity index (χ2v) is 11.7. The molecule has 1 unspecified atom stereocenters. The van der Waals surface area contributed by atoms with E-state index in [1.165, 1.54) is 7.11 Å². The van der Waals surface area contributed by atoms with Crippen LogP contribution in [0.3, 0.4) is 0 Å². The zero-order valence-electron chi connectivity index (χ0n) is 24.7. The van der Waals surface area contributed by atoms with Crippen molar-refractivity contribution in [1.29, 1.82) is 0 Å². The van der Waals surface area contributed by atoms with Crippen molar-refractivity contribution in [1.82, 2.24) is 20.4 Å². The van der Waals surface area contributed by atoms with E-state index >= 15 is 0 Å². The number of urea groups is 2. The zero-order chi connectivity index (χ0) is 32.0. The Kier molecular flexibility index (Phi) is 9.99. The molecule has 236 valence electrons. The molecule has 2 aliphatic rings. The predicted octanol–water partition coefficient (Wildman–Crippen LogP) is 4.71. The van der Waals surface area contributed by atoms with Crippen LogP contribution in [0.15, 0.2) is 78.9 Å². The first kappa shape index (κ1) is 31.9. The van der Waals surface area contributed by atoms with Gasteiger partial charge in [0.2, 0.25) is 5.91 Å². The van der Waals surface area contributed by atoms with Crippen LogP contribution in [0.2, 0.25) is 10.0 Å². The van der Waals surface area contributed by atoms with Gasteiger partial charge in [-0.1, -0.05) is 77.8 Å². The molecule has 1 atom stereocenters. The fraction of sp³-hybridized carbons (Fsp3) is 0.312. The van der Waals surface area contributed by atoms with E-state index < -0.39 is 29.6 Å². The van der Waals surface area contributed by atoms with E-state index in [1.807, 2.05) is 65.6 Å². The van der Waals surface area contributed by atoms with E-state index in [4.69, 9.17) is 27.9 Å². The van der Waals surface area contributed by atoms with Gasteiger partial charge in [-0.3, -0.25) is 4.79 Å². The Morgan fingerprint density at radius 3 is 2.16 bits per heavy atom. The molecule has 0 aromatic heterocycles. The van der Waals surface area contributed by atoms with Gasteiger partial charge in [0.05, 0.1) is 36.1 Å². The van der Waals surface area contributed by atoms with E-state index in [-0.39, 0.29) is 28.2 Å². The van der Waals surface area contributed by atoms with Crippen LogP contribution in [0.1, 0.15) is 18.4 Å². The monoisotopic (exact) mass is 652 g/mol. The number of carbonyl (C=O) groups is 4. The number of rotatable bonds is 8. The average Bonchev–Trinajstić information content (AvgIpc) is 3.31. The highest BCUT2D eigenvalue weighted by Gasteiger charge is 2.54. The average molecular weight is 654 g/mol. The zero-order valence-corrected chi connectivity index (χ0v) is 26.2. The number of methoxy groups -OCH3 is 1. The Morgan fingerprint density at radius 2 is 1.53 bits per heavy atom. The fourth-order valence-corrected chi connectivity index (χ4v) is 6.26. The van der Waals surface area contributed by atoms with Gasteiger partial charge in [-0.2, -0.15) is 0 Å². The maximum Gasteiger partial charge on any atom is 0.330 e. The second-order valence-electron chi connectivity index (χ2n) is 10.9. The molecular formula is C32H34Cl2N6O5. The van der Waals surface area contributed by atoms with Gasteiger partial charge in [0.15, 0.2) is 0 Å². The minimum absolute atomic E-state index is 0.0369. The molecule has 2 aliphatic heterocycles. The van der Waals surface area contributed by atoms with E-state index in [0.717, 1.165) is 11.3 Å². The first-order chi connectivity index (χ1) is 21.7. The van der Waals surface area contributed by atoms with Gasteiger partial charge in [-0.25, -0.2) is 14.4 Å². The maximum atomic E-state index is 14.0. The molecule has 13 heteroatoms. The van der Waals surface area contributed by atoms with Crippen molar-refractivity contribution in [3.63, 3.8) is 0 Å². The van der Waals surface area contributed by atoms with Crippen LogP contribution in [0.4, 0.5) is 21.0 Å². The number of nitrogens with zero attached hydrogens (tertiary/aromatic N) is 3. The lowest BCUT2D eigenvalue weighted by Gasteiger charge is -2.43. The van der Waals surface area contributed by atoms with Crippen molar-refractivity contribution in [2.75, 3.05) is 43.6 Å². The molecule has 2 saturated heterocycles. The molecule has 11 nitrogen and oxygen atoms in total. The summed E-state index contributed by atoms with van der Waals surface area (Å²) in [5, 5.41) is 8.17. The van der Waals surface area contributed by atoms with Crippen LogP contribution in [0, 0.1) is 0 Å². The Morgan fingerprint density at radius 1 is 0.911 bits per heavy atom. The minimum Gasteiger partial charge on any atom is -0.467 e. The molecule has 0 radical (unpaired) electrons. The summed E-state index contributed by atoms with van der Waals surface area (Å²) in [6.07, 6.45) is 0.859. The number of ether oxygens (including phenoxy) is 1. The Balaban J connectivity index is 1.22. The molecule has 3 aromatic rings. The van der Waals surface area contributed by atoms with Crippen LogP contribution in [0.5, 0.6) is 0 Å². The second kappa shape index (κ2) is 14.1. The van der Waals surface area contributed by atoms with Crippen molar-refractivity contribution in [3.8, 4) is 0 Å². The molecule has 3 aromatic carbocycles. The molecule has 3 N–H and O–H groups in total. The number of halogens is 2. The molecule has 5 rings (SSSR count). The molecule has 1 spiro atoms. The smallest absolute Gasteiger partial charge is 0.330 e. The van der Waals surface area contributed by atoms with E-state index in [1.54, 1.807) is 23.1 Å². The fourth-order valence-electron chi connectivity index (χ4n) is 5.77. The van der Waals surface area contributed by atoms with Crippen LogP contribution in [-0.2, 0) is 20.9 Å². The number of hydrogen-bond donors (Lipinski definition) is 3. The van der Waals surface area contributed by atoms with Gasteiger partial charge in [0.1, 0.15) is 11.6 Å². The van der Waals surface area contributed by atoms with Crippen LogP contribution in [0.25, 0.3) is 0 Å². The number of likely N-dealkylation sites (tertiary alicyclic amines) is 1. The summed E-state index contributed by atoms with van der Waals surface area (Å²) in [7, 11) is 1.18. The third-order valence-electron chi connectivity index (χ3n) is 8.13. The SMILES string of the molecule is COC(=O)C(CNC(=O)N1CCC2(CC1)C(=O)N(Cc1ccccc1)CN2c1ccccc1)NC(=O)Nc1c(Cl)cccc1Cl. The summed E-state index contributed by atoms with van der Waals surface area (Å²) >= 11 is 12.2. The number of carbonyl (C=O) groups excluding carboxylic acids is 4. The number of hydrogen-bond acceptors (Lipinski definition) is 6. The van der Waals surface area contributed by atoms with Gasteiger partial charge >= 0.3 is 18.0 Å². The van der Waals surface area contributed by atoms with E-state index in [9.17, 15) is 19.2 Å². The van der Waals surface area contributed by atoms with Gasteiger partial charge in [-0.05, 0) is 42.7 Å². The highest BCUT2D eigenvalue weighted by atomic mass is 35.5. The first-order valence-corrected chi connectivity index (χ1v) is 15.3. The standard InChI is InChI=1S/C32H34Cl2N6O5/c1-45-28(41)26(36-30(43)37-27-24(33)13-8-14-25(27)34)19-35-31(44)38-17-15-32(16-18-38)29(42)39(20-22-9-4-2-5-10-22)21-40(32)23-11-6-3-7-12-23/h2-14,26H,15-21H2,1H3,(H,35,44)(H2,36,37,43). The third kappa shape index (κ3) is 7.10. The lowest BCUT2D eigenvalue weighted by Crippen LogP contribution is -2.59. The summed E-state index contributed by atoms with van der Waals surface area (Å²) in [5.41, 5.74) is 1.38. The first-order valence-electron chi connectivity index (χ1n) is 14.5. The molecule has 2 fully saturated rings. The minimum atomic E-state index is -1.19. The third-order valence-corrected chi connectivity index (χ3v) is 8.76. The number of nitrogens with one attached hydrogen (secondary N) is 3. The highest BCUT2D eigenvalue weighted by molar-refractivity contribution is 6.39. The summed E-state index contributed by atoms with van der Waals surface area (Å²) < 4.78 is 4.82. The summed E-state index contributed by atoms with van der Waals surface area (Å²) in [5.74, 6) is -0.711. The van der Waals surface area contributed by atoms with Gasteiger partial charge < -0.3 is 35.4 Å². The Labute approximate surface area is 271 Å². The van der Waals surface area contributed by atoms with Crippen molar-refractivity contribution >= 4 is 58.5 Å². The van der Waals surface area contributed by atoms with Crippen molar-refractivity contribution in [2.24, 2.45) is 0 Å². The summed E-state index contributed by atoms with van der Waals surface area (Å²) in [4.78, 5) is 57.9. The number of anilines is 2. The van der Waals surface area contributed by atoms with Crippen molar-refractivity contribution in [3.05, 3.63) is 94.5 Å². The number of benzene rings is 3. The number of piperidine rings is 1. The van der Waals surface area contributed by atoms with Crippen molar-refractivity contribution in [2.45, 2.75) is 31.0 Å². The number of para-hydroxylation sites is 2. The molecule has 45 heavy (non-hydrogen) atoms. The van der Waals surface area contributed by atoms with Crippen molar-refractivity contribution < 1.29 is 23.9 Å². The quantitative estimate of drug-likeness (QED) is 0.303. The van der Waals surface area contributed by atoms with Gasteiger partial charge in [0.25, 0.3) is 0 Å². The molecule has 0 aliphatic carbocycles. The van der Waals surface area contributed by atoms with E-state index in [2.05, 4.69) is 20.9 Å². The molecular weight excluding hydrogens is 619 g/mol. The number of esters is 1. The van der Waals surface area contributed by atoms with Crippen LogP contribution in [-0.4, -0.2) is 78.7 Å². The molecule has 2 heterocycles. The van der Waals surface area contributed by atoms with E-state index in [0.29, 0.717) is 39.1 Å². The summed E-state index contributed by atoms with van der Waals surface area (Å²) in [6, 6.07) is 22.1. The lowest BCUT2D eigenvalue weighted by atomic mass is 9.85. The number of amides is 5. The molecule has 5 amide bonds. The Hall–Kier alpha value is -4.48. The largest absolute Gasteiger partial charge is 0.467 e. The predicted molar refractivity (Wildman–Crippen MR) is 172 cm³/mol. The highest BCUT2D eigenvalue weighted by Crippen LogP contribution is 2.40. The van der Waals surface area contributed by atoms with Crippen LogP contribution < -0.4 is 20.9 Å². The summed E-state index contributed by atoms with van der Waals surface area (Å²) in [6.45, 7) is 1.35. The van der Waals surface area contributed by atoms with Gasteiger partial charge in [-0.15, -0.1) is 0 Å².